The van der Waals surface area contributed by atoms with Crippen molar-refractivity contribution < 1.29 is 66.4 Å². The van der Waals surface area contributed by atoms with E-state index < -0.39 is 134 Å². The fraction of sp³-hybridized carbons (Fsp3) is 0.525. The number of Topliss-reactive ketones (excluding diaryl/α,β-unsaturated/α-hetero) is 1. The molecular weight excluding hydrogens is 1050 g/mol. The predicted molar refractivity (Wildman–Crippen MR) is 302 cm³/mol. The minimum absolute atomic E-state index is 0.0569. The minimum Gasteiger partial charge on any atom is -0.456 e. The van der Waals surface area contributed by atoms with Gasteiger partial charge in [0.2, 0.25) is 0 Å². The first-order chi connectivity index (χ1) is 37.6. The number of carbonyl (C=O) groups is 6. The lowest BCUT2D eigenvalue weighted by Gasteiger charge is -2.68. The van der Waals surface area contributed by atoms with Crippen LogP contribution in [0.15, 0.2) is 121 Å². The van der Waals surface area contributed by atoms with Crippen LogP contribution in [-0.4, -0.2) is 121 Å². The van der Waals surface area contributed by atoms with Crippen molar-refractivity contribution >= 4 is 52.3 Å². The van der Waals surface area contributed by atoms with Gasteiger partial charge in [0.1, 0.15) is 30.2 Å². The number of hydrogen-bond acceptors (Lipinski definition) is 15. The summed E-state index contributed by atoms with van der Waals surface area (Å²) in [5.74, 6) is -5.13. The molecule has 80 heavy (non-hydrogen) atoms. The lowest BCUT2D eigenvalue weighted by Crippen LogP contribution is -2.82. The first-order valence-electron chi connectivity index (χ1n) is 27.9. The molecule has 1 amide bonds. The topological polar surface area (TPSA) is 217 Å². The first kappa shape index (κ1) is 60.0. The number of nitrogens with one attached hydrogen (secondary N) is 1. The second-order valence-corrected chi connectivity index (χ2v) is 33.8. The molecule has 1 aromatic heterocycles. The summed E-state index contributed by atoms with van der Waals surface area (Å²) in [6.45, 7) is 23.8. The molecule has 4 aliphatic rings. The highest BCUT2D eigenvalue weighted by molar-refractivity contribution is 6.74. The number of benzene rings is 3. The predicted octanol–water partition coefficient (Wildman–Crippen LogP) is 10.1. The third-order valence-corrected chi connectivity index (χ3v) is 27.7. The number of ether oxygens (including phenoxy) is 5. The van der Waals surface area contributed by atoms with Crippen LogP contribution in [0, 0.1) is 16.7 Å². The SMILES string of the molecule is CC[Si](CC)(CC)O[C@H]1CC2OC[C@@]2(OC(C)=O)[C@H]2[C@H](OC(=O)c3ccccc3)[C@]3(O)C[C@H](OC(=O)[C@H](O[Si](C)(C)C(C)(C)C)[C@@H](NC(=O)c4ccccc4)c4ccccc4)C(C)=C([C@@H](OC(=O)n4ccnc4)C(=O)C12C)C3(C)C. The molecule has 1 saturated heterocycles. The van der Waals surface area contributed by atoms with Gasteiger partial charge in [0.05, 0.1) is 35.6 Å². The monoisotopic (exact) mass is 1130 g/mol. The summed E-state index contributed by atoms with van der Waals surface area (Å²) in [6, 6.07) is 26.6. The van der Waals surface area contributed by atoms with Gasteiger partial charge in [-0.2, -0.15) is 0 Å². The van der Waals surface area contributed by atoms with Crippen molar-refractivity contribution in [3.63, 3.8) is 0 Å². The van der Waals surface area contributed by atoms with Crippen molar-refractivity contribution in [2.75, 3.05) is 6.61 Å². The van der Waals surface area contributed by atoms with Crippen LogP contribution in [-0.2, 0) is 46.9 Å². The van der Waals surface area contributed by atoms with Crippen molar-refractivity contribution in [1.29, 1.82) is 0 Å². The van der Waals surface area contributed by atoms with Gasteiger partial charge < -0.3 is 43.0 Å². The van der Waals surface area contributed by atoms with E-state index in [1.54, 1.807) is 113 Å². The molecule has 1 aliphatic heterocycles. The molecule has 2 N–H and O–H groups in total. The standard InChI is InChI=1S/C61H79N3O14Si2/c1-14-80(15-2,16-3)77-44-34-45-60(36-72-45,76-39(5)65)50-52(75-54(68)42-30-24-19-25-31-42)61(71)35-43(38(4)46(58(61,9)10)48(51(66)59(44,50)11)74-56(70)64-33-32-62-37-64)73-55(69)49(78-79(12,13)57(6,7)8)47(40-26-20-17-21-27-40)63-53(67)41-28-22-18-23-29-41/h17-33,37,43-45,47-50,52,71H,14-16,34-36H2,1-13H3,(H,63,67)/t43-,44-,45?,47-,48+,49+,50-,52-,59?,60-,61+/m0/s1. The first-order valence-corrected chi connectivity index (χ1v) is 33.3. The summed E-state index contributed by atoms with van der Waals surface area (Å²) in [5.41, 5.74) is -6.37. The second kappa shape index (κ2) is 22.7. The van der Waals surface area contributed by atoms with E-state index in [4.69, 9.17) is 32.5 Å². The number of imidazole rings is 1. The zero-order chi connectivity index (χ0) is 58.4. The smallest absolute Gasteiger partial charge is 0.420 e. The highest BCUT2D eigenvalue weighted by Crippen LogP contribution is 2.65. The van der Waals surface area contributed by atoms with E-state index in [0.29, 0.717) is 29.3 Å². The molecule has 3 aromatic carbocycles. The van der Waals surface area contributed by atoms with Crippen LogP contribution < -0.4 is 5.32 Å². The molecule has 2 bridgehead atoms. The summed E-state index contributed by atoms with van der Waals surface area (Å²) < 4.78 is 48.6. The molecule has 430 valence electrons. The van der Waals surface area contributed by atoms with Crippen LogP contribution in [0.2, 0.25) is 36.3 Å². The highest BCUT2D eigenvalue weighted by Gasteiger charge is 2.79. The number of rotatable bonds is 17. The summed E-state index contributed by atoms with van der Waals surface area (Å²) in [4.78, 5) is 94.5. The van der Waals surface area contributed by atoms with E-state index in [2.05, 4.69) is 31.1 Å². The lowest BCUT2D eigenvalue weighted by atomic mass is 9.44. The number of nitrogens with zero attached hydrogens (tertiary/aromatic N) is 2. The molecule has 11 atom stereocenters. The Labute approximate surface area is 471 Å². The Kier molecular flexibility index (Phi) is 17.0. The van der Waals surface area contributed by atoms with Crippen molar-refractivity contribution in [1.82, 2.24) is 14.9 Å². The van der Waals surface area contributed by atoms with Gasteiger partial charge in [-0.05, 0) is 91.1 Å². The van der Waals surface area contributed by atoms with E-state index in [-0.39, 0.29) is 29.7 Å². The Balaban J connectivity index is 1.39. The quantitative estimate of drug-likeness (QED) is 0.0435. The number of amides is 1. The molecule has 19 heteroatoms. The number of ketones is 1. The Morgan fingerprint density at radius 3 is 1.98 bits per heavy atom. The summed E-state index contributed by atoms with van der Waals surface area (Å²) >= 11 is 0. The molecule has 17 nitrogen and oxygen atoms in total. The van der Waals surface area contributed by atoms with Gasteiger partial charge in [0, 0.05) is 43.1 Å². The van der Waals surface area contributed by atoms with Crippen LogP contribution in [0.4, 0.5) is 4.79 Å². The van der Waals surface area contributed by atoms with Crippen LogP contribution >= 0.6 is 0 Å². The van der Waals surface area contributed by atoms with Crippen molar-refractivity contribution in [2.45, 2.75) is 179 Å². The number of aliphatic hydroxyl groups is 1. The third-order valence-electron chi connectivity index (χ3n) is 18.6. The number of fused-ring (bicyclic) bond motifs is 5. The summed E-state index contributed by atoms with van der Waals surface area (Å²) in [6.07, 6.45) is -5.93. The van der Waals surface area contributed by atoms with E-state index in [1.165, 1.54) is 25.6 Å². The van der Waals surface area contributed by atoms with Gasteiger partial charge in [0.25, 0.3) is 5.91 Å². The average Bonchev–Trinajstić information content (AvgIpc) is 2.22. The fourth-order valence-electron chi connectivity index (χ4n) is 12.6. The molecular formula is C61H79N3O14Si2. The van der Waals surface area contributed by atoms with Gasteiger partial charge in [0.15, 0.2) is 40.2 Å². The van der Waals surface area contributed by atoms with Gasteiger partial charge >= 0.3 is 24.0 Å². The van der Waals surface area contributed by atoms with Gasteiger partial charge in [-0.1, -0.05) is 122 Å². The zero-order valence-corrected chi connectivity index (χ0v) is 50.4. The summed E-state index contributed by atoms with van der Waals surface area (Å²) in [5, 5.41) is 17.2. The number of carbonyl (C=O) groups excluding carboxylic acids is 6. The van der Waals surface area contributed by atoms with Crippen molar-refractivity contribution in [3.8, 4) is 0 Å². The molecule has 0 spiro atoms. The lowest BCUT2D eigenvalue weighted by molar-refractivity contribution is -0.344. The molecule has 2 saturated carbocycles. The molecule has 2 unspecified atom stereocenters. The largest absolute Gasteiger partial charge is 0.456 e. The van der Waals surface area contributed by atoms with Gasteiger partial charge in [-0.25, -0.2) is 23.9 Å². The Bertz CT molecular complexity index is 2950. The fourth-order valence-corrected chi connectivity index (χ4v) is 16.8. The Hall–Kier alpha value is -6.10. The molecule has 2 heterocycles. The highest BCUT2D eigenvalue weighted by atomic mass is 28.4. The van der Waals surface area contributed by atoms with Crippen LogP contribution in [0.3, 0.4) is 0 Å². The maximum Gasteiger partial charge on any atom is 0.420 e. The summed E-state index contributed by atoms with van der Waals surface area (Å²) in [7, 11) is -5.68. The average molecular weight is 1130 g/mol. The maximum atomic E-state index is 17.0. The van der Waals surface area contributed by atoms with E-state index >= 15 is 14.4 Å². The molecule has 3 fully saturated rings. The Morgan fingerprint density at radius 2 is 1.45 bits per heavy atom. The maximum absolute atomic E-state index is 17.0. The van der Waals surface area contributed by atoms with Gasteiger partial charge in [-0.15, -0.1) is 0 Å². The Morgan fingerprint density at radius 1 is 0.863 bits per heavy atom. The van der Waals surface area contributed by atoms with E-state index in [9.17, 15) is 19.5 Å². The molecule has 8 rings (SSSR count). The second-order valence-electron chi connectivity index (χ2n) is 24.3. The van der Waals surface area contributed by atoms with Gasteiger partial charge in [-0.3, -0.25) is 14.4 Å². The third kappa shape index (κ3) is 10.7. The number of aromatic nitrogens is 2. The minimum atomic E-state index is -2.97. The van der Waals surface area contributed by atoms with Crippen LogP contribution in [0.1, 0.15) is 121 Å². The van der Waals surface area contributed by atoms with Crippen LogP contribution in [0.5, 0.6) is 0 Å². The van der Waals surface area contributed by atoms with Crippen molar-refractivity contribution in [2.24, 2.45) is 16.7 Å². The molecule has 3 aliphatic carbocycles. The number of esters is 3. The van der Waals surface area contributed by atoms with E-state index in [0.717, 1.165) is 4.57 Å². The molecule has 0 radical (unpaired) electrons. The molecule has 4 aromatic rings. The number of hydrogen-bond donors (Lipinski definition) is 2. The van der Waals surface area contributed by atoms with Crippen LogP contribution in [0.25, 0.3) is 0 Å². The normalized spacial score (nSPS) is 28.1. The van der Waals surface area contributed by atoms with E-state index in [1.807, 2.05) is 39.9 Å². The van der Waals surface area contributed by atoms with Crippen molar-refractivity contribution in [3.05, 3.63) is 138 Å². The zero-order valence-electron chi connectivity index (χ0n) is 48.4.